The van der Waals surface area contributed by atoms with Crippen LogP contribution in [0.4, 0.5) is 11.4 Å². The van der Waals surface area contributed by atoms with E-state index in [2.05, 4.69) is 5.32 Å². The molecule has 0 spiro atoms. The summed E-state index contributed by atoms with van der Waals surface area (Å²) in [6, 6.07) is 7.79. The van der Waals surface area contributed by atoms with E-state index < -0.39 is 0 Å². The van der Waals surface area contributed by atoms with E-state index in [9.17, 15) is 0 Å². The van der Waals surface area contributed by atoms with Crippen molar-refractivity contribution in [2.24, 2.45) is 0 Å². The smallest absolute Gasteiger partial charge is 0.0700 e. The molecule has 1 rings (SSSR count). The molecule has 0 heterocycles. The minimum atomic E-state index is 0.668. The SMILES string of the molecule is COCCOCCCCNc1cccc(N)c1. The highest BCUT2D eigenvalue weighted by Gasteiger charge is 1.93. The van der Waals surface area contributed by atoms with Crippen molar-refractivity contribution in [3.8, 4) is 0 Å². The fourth-order valence-electron chi connectivity index (χ4n) is 1.45. The van der Waals surface area contributed by atoms with Crippen LogP contribution in [0.15, 0.2) is 24.3 Å². The van der Waals surface area contributed by atoms with Gasteiger partial charge in [0.2, 0.25) is 0 Å². The average molecular weight is 238 g/mol. The maximum Gasteiger partial charge on any atom is 0.0700 e. The second kappa shape index (κ2) is 8.84. The molecule has 1 aromatic rings. The number of nitrogens with two attached hydrogens (primary N) is 1. The molecule has 0 bridgehead atoms. The van der Waals surface area contributed by atoms with Gasteiger partial charge in [0.1, 0.15) is 0 Å². The minimum Gasteiger partial charge on any atom is -0.399 e. The summed E-state index contributed by atoms with van der Waals surface area (Å²) in [6.07, 6.45) is 2.14. The highest BCUT2D eigenvalue weighted by atomic mass is 16.5. The van der Waals surface area contributed by atoms with Gasteiger partial charge in [0.05, 0.1) is 13.2 Å². The number of benzene rings is 1. The standard InChI is InChI=1S/C13H22N2O2/c1-16-9-10-17-8-3-2-7-15-13-6-4-5-12(14)11-13/h4-6,11,15H,2-3,7-10,14H2,1H3. The zero-order valence-corrected chi connectivity index (χ0v) is 10.4. The highest BCUT2D eigenvalue weighted by Crippen LogP contribution is 2.11. The largest absolute Gasteiger partial charge is 0.399 e. The number of methoxy groups -OCH3 is 1. The first-order chi connectivity index (χ1) is 8.33. The fraction of sp³-hybridized carbons (Fsp3) is 0.538. The van der Waals surface area contributed by atoms with Crippen molar-refractivity contribution < 1.29 is 9.47 Å². The molecule has 0 fully saturated rings. The third-order valence-corrected chi connectivity index (χ3v) is 2.36. The van der Waals surface area contributed by atoms with E-state index in [1.165, 1.54) is 0 Å². The first kappa shape index (κ1) is 13.8. The molecule has 0 amide bonds. The Morgan fingerprint density at radius 2 is 2.06 bits per heavy atom. The van der Waals surface area contributed by atoms with Crippen LogP contribution in [0.5, 0.6) is 0 Å². The van der Waals surface area contributed by atoms with Crippen LogP contribution in [-0.2, 0) is 9.47 Å². The zero-order valence-electron chi connectivity index (χ0n) is 10.4. The van der Waals surface area contributed by atoms with E-state index in [4.69, 9.17) is 15.2 Å². The Bertz CT molecular complexity index is 305. The number of anilines is 2. The maximum atomic E-state index is 5.69. The number of hydrogen-bond acceptors (Lipinski definition) is 4. The predicted octanol–water partition coefficient (Wildman–Crippen LogP) is 2.12. The quantitative estimate of drug-likeness (QED) is 0.511. The van der Waals surface area contributed by atoms with Gasteiger partial charge in [0, 0.05) is 31.6 Å². The Morgan fingerprint density at radius 1 is 1.18 bits per heavy atom. The molecule has 0 saturated carbocycles. The molecule has 3 N–H and O–H groups in total. The lowest BCUT2D eigenvalue weighted by Gasteiger charge is -2.07. The van der Waals surface area contributed by atoms with Gasteiger partial charge in [-0.3, -0.25) is 0 Å². The molecule has 17 heavy (non-hydrogen) atoms. The van der Waals surface area contributed by atoms with Gasteiger partial charge in [0.15, 0.2) is 0 Å². The predicted molar refractivity (Wildman–Crippen MR) is 71.3 cm³/mol. The number of unbranched alkanes of at least 4 members (excludes halogenated alkanes) is 1. The van der Waals surface area contributed by atoms with E-state index in [1.54, 1.807) is 7.11 Å². The van der Waals surface area contributed by atoms with Crippen molar-refractivity contribution in [3.05, 3.63) is 24.3 Å². The second-order valence-corrected chi connectivity index (χ2v) is 3.86. The van der Waals surface area contributed by atoms with Crippen LogP contribution < -0.4 is 11.1 Å². The fourth-order valence-corrected chi connectivity index (χ4v) is 1.45. The van der Waals surface area contributed by atoms with Crippen molar-refractivity contribution in [1.82, 2.24) is 0 Å². The number of rotatable bonds is 9. The van der Waals surface area contributed by atoms with Crippen LogP contribution in [0.3, 0.4) is 0 Å². The number of ether oxygens (including phenoxy) is 2. The maximum absolute atomic E-state index is 5.69. The van der Waals surface area contributed by atoms with Crippen molar-refractivity contribution in [2.45, 2.75) is 12.8 Å². The van der Waals surface area contributed by atoms with E-state index in [0.29, 0.717) is 13.2 Å². The summed E-state index contributed by atoms with van der Waals surface area (Å²) in [6.45, 7) is 3.08. The number of hydrogen-bond donors (Lipinski definition) is 2. The van der Waals surface area contributed by atoms with Gasteiger partial charge in [-0.15, -0.1) is 0 Å². The van der Waals surface area contributed by atoms with Gasteiger partial charge >= 0.3 is 0 Å². The molecule has 4 nitrogen and oxygen atoms in total. The van der Waals surface area contributed by atoms with Crippen LogP contribution in [0.25, 0.3) is 0 Å². The lowest BCUT2D eigenvalue weighted by Crippen LogP contribution is -2.06. The Balaban J connectivity index is 1.97. The molecule has 0 aromatic heterocycles. The highest BCUT2D eigenvalue weighted by molar-refractivity contribution is 5.53. The lowest BCUT2D eigenvalue weighted by atomic mass is 10.2. The van der Waals surface area contributed by atoms with Crippen molar-refractivity contribution >= 4 is 11.4 Å². The summed E-state index contributed by atoms with van der Waals surface area (Å²) in [5.41, 5.74) is 7.55. The Labute approximate surface area is 103 Å². The van der Waals surface area contributed by atoms with Gasteiger partial charge < -0.3 is 20.5 Å². The van der Waals surface area contributed by atoms with E-state index in [-0.39, 0.29) is 0 Å². The number of nitrogen functional groups attached to an aromatic ring is 1. The van der Waals surface area contributed by atoms with Crippen molar-refractivity contribution in [1.29, 1.82) is 0 Å². The molecular formula is C13H22N2O2. The molecule has 0 saturated heterocycles. The number of nitrogens with one attached hydrogen (secondary N) is 1. The Hall–Kier alpha value is -1.26. The Kier molecular flexibility index (Phi) is 7.18. The molecule has 0 radical (unpaired) electrons. The Morgan fingerprint density at radius 3 is 2.82 bits per heavy atom. The molecule has 0 atom stereocenters. The van der Waals surface area contributed by atoms with Crippen LogP contribution in [0.1, 0.15) is 12.8 Å². The zero-order chi connectivity index (χ0) is 12.3. The van der Waals surface area contributed by atoms with Gasteiger partial charge in [-0.2, -0.15) is 0 Å². The van der Waals surface area contributed by atoms with Gasteiger partial charge in [-0.05, 0) is 31.0 Å². The summed E-state index contributed by atoms with van der Waals surface area (Å²) in [5, 5.41) is 3.33. The van der Waals surface area contributed by atoms with Crippen molar-refractivity contribution in [2.75, 3.05) is 44.5 Å². The van der Waals surface area contributed by atoms with Gasteiger partial charge in [-0.1, -0.05) is 6.07 Å². The minimum absolute atomic E-state index is 0.668. The van der Waals surface area contributed by atoms with Crippen LogP contribution >= 0.6 is 0 Å². The molecule has 1 aromatic carbocycles. The van der Waals surface area contributed by atoms with Gasteiger partial charge in [-0.25, -0.2) is 0 Å². The molecule has 0 aliphatic heterocycles. The molecular weight excluding hydrogens is 216 g/mol. The first-order valence-electron chi connectivity index (χ1n) is 5.99. The third kappa shape index (κ3) is 6.81. The van der Waals surface area contributed by atoms with E-state index >= 15 is 0 Å². The summed E-state index contributed by atoms with van der Waals surface area (Å²) in [7, 11) is 1.68. The van der Waals surface area contributed by atoms with Gasteiger partial charge in [0.25, 0.3) is 0 Å². The molecule has 0 unspecified atom stereocenters. The van der Waals surface area contributed by atoms with Crippen LogP contribution in [-0.4, -0.2) is 33.5 Å². The average Bonchev–Trinajstić information content (AvgIpc) is 2.33. The normalized spacial score (nSPS) is 10.4. The third-order valence-electron chi connectivity index (χ3n) is 2.36. The second-order valence-electron chi connectivity index (χ2n) is 3.86. The monoisotopic (exact) mass is 238 g/mol. The summed E-state index contributed by atoms with van der Waals surface area (Å²) in [5.74, 6) is 0. The molecule has 0 aliphatic carbocycles. The van der Waals surface area contributed by atoms with E-state index in [0.717, 1.165) is 37.4 Å². The summed E-state index contributed by atoms with van der Waals surface area (Å²) >= 11 is 0. The lowest BCUT2D eigenvalue weighted by molar-refractivity contribution is 0.0691. The van der Waals surface area contributed by atoms with E-state index in [1.807, 2.05) is 24.3 Å². The molecule has 96 valence electrons. The summed E-state index contributed by atoms with van der Waals surface area (Å²) < 4.78 is 10.3. The summed E-state index contributed by atoms with van der Waals surface area (Å²) in [4.78, 5) is 0. The van der Waals surface area contributed by atoms with Crippen LogP contribution in [0, 0.1) is 0 Å². The molecule has 0 aliphatic rings. The topological polar surface area (TPSA) is 56.5 Å². The van der Waals surface area contributed by atoms with Crippen LogP contribution in [0.2, 0.25) is 0 Å². The van der Waals surface area contributed by atoms with Crippen molar-refractivity contribution in [3.63, 3.8) is 0 Å². The first-order valence-corrected chi connectivity index (χ1v) is 5.99. The molecule has 4 heteroatoms.